The third-order valence-corrected chi connectivity index (χ3v) is 3.27. The lowest BCUT2D eigenvalue weighted by Gasteiger charge is -2.09. The standard InChI is InChI=1S/C15H18N4O/c1-11-15(12(2)19(3)18-11)10-17-13-5-4-6-14(9-13)20-8-7-16/h4-6,9,17H,8,10H2,1-3H3. The number of anilines is 1. The molecule has 0 amide bonds. The fourth-order valence-electron chi connectivity index (χ4n) is 2.08. The molecule has 0 aliphatic rings. The van der Waals surface area contributed by atoms with Gasteiger partial charge < -0.3 is 10.1 Å². The molecule has 5 nitrogen and oxygen atoms in total. The van der Waals surface area contributed by atoms with Crippen molar-refractivity contribution in [2.75, 3.05) is 11.9 Å². The van der Waals surface area contributed by atoms with Crippen LogP contribution in [0, 0.1) is 25.2 Å². The van der Waals surface area contributed by atoms with Crippen LogP contribution in [0.2, 0.25) is 0 Å². The number of ether oxygens (including phenoxy) is 1. The van der Waals surface area contributed by atoms with Crippen molar-refractivity contribution in [3.63, 3.8) is 0 Å². The van der Waals surface area contributed by atoms with Crippen LogP contribution in [0.1, 0.15) is 17.0 Å². The van der Waals surface area contributed by atoms with Crippen LogP contribution in [0.15, 0.2) is 24.3 Å². The molecule has 0 aliphatic heterocycles. The number of hydrogen-bond donors (Lipinski definition) is 1. The molecule has 1 aromatic carbocycles. The van der Waals surface area contributed by atoms with Gasteiger partial charge in [-0.2, -0.15) is 10.4 Å². The summed E-state index contributed by atoms with van der Waals surface area (Å²) in [5.74, 6) is 0.691. The molecule has 0 atom stereocenters. The molecule has 0 fully saturated rings. The van der Waals surface area contributed by atoms with E-state index in [4.69, 9.17) is 10.00 Å². The van der Waals surface area contributed by atoms with Crippen LogP contribution in [0.25, 0.3) is 0 Å². The lowest BCUT2D eigenvalue weighted by molar-refractivity contribution is 0.368. The Labute approximate surface area is 118 Å². The fourth-order valence-corrected chi connectivity index (χ4v) is 2.08. The maximum absolute atomic E-state index is 8.51. The van der Waals surface area contributed by atoms with E-state index in [9.17, 15) is 0 Å². The van der Waals surface area contributed by atoms with Gasteiger partial charge in [-0.3, -0.25) is 4.68 Å². The largest absolute Gasteiger partial charge is 0.479 e. The quantitative estimate of drug-likeness (QED) is 0.907. The minimum absolute atomic E-state index is 0.0598. The van der Waals surface area contributed by atoms with Crippen molar-refractivity contribution in [3.05, 3.63) is 41.2 Å². The molecule has 1 N–H and O–H groups in total. The number of aromatic nitrogens is 2. The van der Waals surface area contributed by atoms with Gasteiger partial charge in [0.1, 0.15) is 11.8 Å². The van der Waals surface area contributed by atoms with Crippen molar-refractivity contribution in [3.8, 4) is 11.8 Å². The Kier molecular flexibility index (Phi) is 4.26. The summed E-state index contributed by atoms with van der Waals surface area (Å²) in [5.41, 5.74) is 4.36. The highest BCUT2D eigenvalue weighted by Gasteiger charge is 2.08. The van der Waals surface area contributed by atoms with Crippen LogP contribution in [0.4, 0.5) is 5.69 Å². The summed E-state index contributed by atoms with van der Waals surface area (Å²) in [6, 6.07) is 9.55. The van der Waals surface area contributed by atoms with Crippen molar-refractivity contribution in [2.45, 2.75) is 20.4 Å². The van der Waals surface area contributed by atoms with Crippen molar-refractivity contribution in [1.82, 2.24) is 9.78 Å². The zero-order chi connectivity index (χ0) is 14.5. The molecule has 0 saturated heterocycles. The van der Waals surface area contributed by atoms with Gasteiger partial charge in [-0.15, -0.1) is 0 Å². The number of nitrogens with one attached hydrogen (secondary N) is 1. The number of aryl methyl sites for hydroxylation is 2. The number of nitrogens with zero attached hydrogens (tertiary/aromatic N) is 3. The monoisotopic (exact) mass is 270 g/mol. The number of hydrogen-bond acceptors (Lipinski definition) is 4. The molecule has 0 spiro atoms. The predicted octanol–water partition coefficient (Wildman–Crippen LogP) is 2.55. The molecule has 20 heavy (non-hydrogen) atoms. The first kappa shape index (κ1) is 13.9. The average Bonchev–Trinajstić information content (AvgIpc) is 2.68. The summed E-state index contributed by atoms with van der Waals surface area (Å²) in [6.45, 7) is 4.84. The van der Waals surface area contributed by atoms with Gasteiger partial charge in [0, 0.05) is 36.6 Å². The van der Waals surface area contributed by atoms with Crippen LogP contribution < -0.4 is 10.1 Å². The summed E-state index contributed by atoms with van der Waals surface area (Å²) < 4.78 is 7.17. The molecule has 104 valence electrons. The minimum atomic E-state index is 0.0598. The van der Waals surface area contributed by atoms with Gasteiger partial charge in [0.15, 0.2) is 6.61 Å². The summed E-state index contributed by atoms with van der Waals surface area (Å²) in [4.78, 5) is 0. The van der Waals surface area contributed by atoms with E-state index >= 15 is 0 Å². The SMILES string of the molecule is Cc1nn(C)c(C)c1CNc1cccc(OCC#N)c1. The van der Waals surface area contributed by atoms with Gasteiger partial charge in [0.25, 0.3) is 0 Å². The van der Waals surface area contributed by atoms with E-state index in [0.29, 0.717) is 12.3 Å². The highest BCUT2D eigenvalue weighted by Crippen LogP contribution is 2.19. The fraction of sp³-hybridized carbons (Fsp3) is 0.333. The van der Waals surface area contributed by atoms with Gasteiger partial charge in [0.2, 0.25) is 0 Å². The summed E-state index contributed by atoms with van der Waals surface area (Å²) >= 11 is 0. The number of nitriles is 1. The first-order valence-electron chi connectivity index (χ1n) is 6.44. The lowest BCUT2D eigenvalue weighted by atomic mass is 10.2. The molecule has 1 aromatic heterocycles. The molecule has 0 aliphatic carbocycles. The smallest absolute Gasteiger partial charge is 0.174 e. The highest BCUT2D eigenvalue weighted by molar-refractivity contribution is 5.49. The van der Waals surface area contributed by atoms with E-state index < -0.39 is 0 Å². The second-order valence-electron chi connectivity index (χ2n) is 4.60. The number of benzene rings is 1. The summed E-state index contributed by atoms with van der Waals surface area (Å²) in [5, 5.41) is 16.3. The van der Waals surface area contributed by atoms with E-state index in [1.807, 2.05) is 49.0 Å². The maximum Gasteiger partial charge on any atom is 0.174 e. The first-order chi connectivity index (χ1) is 9.61. The van der Waals surface area contributed by atoms with E-state index in [1.165, 1.54) is 5.56 Å². The van der Waals surface area contributed by atoms with Gasteiger partial charge in [-0.1, -0.05) is 6.07 Å². The molecule has 2 rings (SSSR count). The maximum atomic E-state index is 8.51. The van der Waals surface area contributed by atoms with Gasteiger partial charge in [-0.25, -0.2) is 0 Å². The molecule has 0 unspecified atom stereocenters. The van der Waals surface area contributed by atoms with Crippen LogP contribution in [-0.4, -0.2) is 16.4 Å². The van der Waals surface area contributed by atoms with Gasteiger partial charge in [-0.05, 0) is 26.0 Å². The van der Waals surface area contributed by atoms with Gasteiger partial charge >= 0.3 is 0 Å². The molecule has 5 heteroatoms. The molecule has 0 bridgehead atoms. The highest BCUT2D eigenvalue weighted by atomic mass is 16.5. The normalized spacial score (nSPS) is 10.1. The van der Waals surface area contributed by atoms with Gasteiger partial charge in [0.05, 0.1) is 5.69 Å². The van der Waals surface area contributed by atoms with Crippen LogP contribution in [0.5, 0.6) is 5.75 Å². The zero-order valence-electron chi connectivity index (χ0n) is 12.0. The lowest BCUT2D eigenvalue weighted by Crippen LogP contribution is -2.02. The van der Waals surface area contributed by atoms with Crippen molar-refractivity contribution < 1.29 is 4.74 Å². The summed E-state index contributed by atoms with van der Waals surface area (Å²) in [7, 11) is 1.95. The Bertz CT molecular complexity index is 640. The van der Waals surface area contributed by atoms with E-state index in [1.54, 1.807) is 0 Å². The zero-order valence-corrected chi connectivity index (χ0v) is 12.0. The van der Waals surface area contributed by atoms with Crippen LogP contribution >= 0.6 is 0 Å². The molecule has 1 heterocycles. The topological polar surface area (TPSA) is 62.9 Å². The van der Waals surface area contributed by atoms with E-state index in [-0.39, 0.29) is 6.61 Å². The second-order valence-corrected chi connectivity index (χ2v) is 4.60. The third-order valence-electron chi connectivity index (χ3n) is 3.27. The van der Waals surface area contributed by atoms with Crippen LogP contribution in [-0.2, 0) is 13.6 Å². The summed E-state index contributed by atoms with van der Waals surface area (Å²) in [6.07, 6.45) is 0. The van der Waals surface area contributed by atoms with Crippen molar-refractivity contribution >= 4 is 5.69 Å². The van der Waals surface area contributed by atoms with E-state index in [2.05, 4.69) is 17.3 Å². The van der Waals surface area contributed by atoms with Crippen molar-refractivity contribution in [1.29, 1.82) is 5.26 Å². The minimum Gasteiger partial charge on any atom is -0.479 e. The Balaban J connectivity index is 2.05. The Morgan fingerprint density at radius 3 is 2.85 bits per heavy atom. The third kappa shape index (κ3) is 3.09. The molecule has 0 radical (unpaired) electrons. The molecule has 2 aromatic rings. The Morgan fingerprint density at radius 2 is 2.20 bits per heavy atom. The first-order valence-corrected chi connectivity index (χ1v) is 6.44. The molecular weight excluding hydrogens is 252 g/mol. The Hall–Kier alpha value is -2.48. The van der Waals surface area contributed by atoms with Crippen LogP contribution in [0.3, 0.4) is 0 Å². The second kappa shape index (κ2) is 6.11. The molecule has 0 saturated carbocycles. The van der Waals surface area contributed by atoms with E-state index in [0.717, 1.165) is 17.1 Å². The number of rotatable bonds is 5. The average molecular weight is 270 g/mol. The Morgan fingerprint density at radius 1 is 1.40 bits per heavy atom. The molecular formula is C15H18N4O. The predicted molar refractivity (Wildman–Crippen MR) is 77.6 cm³/mol. The van der Waals surface area contributed by atoms with Crippen molar-refractivity contribution in [2.24, 2.45) is 7.05 Å².